The van der Waals surface area contributed by atoms with Crippen LogP contribution in [0.3, 0.4) is 0 Å². The van der Waals surface area contributed by atoms with Gasteiger partial charge in [-0.25, -0.2) is 0 Å². The Morgan fingerprint density at radius 3 is 1.45 bits per heavy atom. The zero-order chi connectivity index (χ0) is 14.7. The minimum Gasteiger partial charge on any atom is -0.313 e. The molecule has 0 fully saturated rings. The molecule has 0 radical (unpaired) electrons. The third kappa shape index (κ3) is 4.26. The minimum absolute atomic E-state index is 0.330. The molecule has 0 spiro atoms. The molecular formula is C14H11Cl4NO. The summed E-state index contributed by atoms with van der Waals surface area (Å²) >= 11 is 23.6. The van der Waals surface area contributed by atoms with Crippen molar-refractivity contribution in [3.05, 3.63) is 67.6 Å². The van der Waals surface area contributed by atoms with Gasteiger partial charge in [-0.3, -0.25) is 0 Å². The van der Waals surface area contributed by atoms with Crippen LogP contribution in [0.2, 0.25) is 20.1 Å². The molecule has 0 heterocycles. The fourth-order valence-electron chi connectivity index (χ4n) is 1.75. The molecule has 0 bridgehead atoms. The average molecular weight is 351 g/mol. The van der Waals surface area contributed by atoms with Crippen molar-refractivity contribution in [2.24, 2.45) is 0 Å². The van der Waals surface area contributed by atoms with E-state index in [0.29, 0.717) is 33.2 Å². The summed E-state index contributed by atoms with van der Waals surface area (Å²) in [6.45, 7) is 0.661. The number of halogens is 4. The Bertz CT molecular complexity index is 565. The van der Waals surface area contributed by atoms with Crippen molar-refractivity contribution in [3.63, 3.8) is 0 Å². The van der Waals surface area contributed by atoms with E-state index in [2.05, 4.69) is 0 Å². The first-order valence-corrected chi connectivity index (χ1v) is 7.28. The first kappa shape index (κ1) is 15.9. The maximum absolute atomic E-state index is 9.96. The fourth-order valence-corrected chi connectivity index (χ4v) is 2.39. The smallest absolute Gasteiger partial charge is 0.0595 e. The van der Waals surface area contributed by atoms with Crippen molar-refractivity contribution >= 4 is 46.4 Å². The quantitative estimate of drug-likeness (QED) is 0.715. The van der Waals surface area contributed by atoms with Crippen LogP contribution < -0.4 is 0 Å². The van der Waals surface area contributed by atoms with Gasteiger partial charge in [0.15, 0.2) is 0 Å². The topological polar surface area (TPSA) is 23.5 Å². The lowest BCUT2D eigenvalue weighted by Gasteiger charge is -2.15. The lowest BCUT2D eigenvalue weighted by Crippen LogP contribution is -2.18. The SMILES string of the molecule is ON(Cc1ccc(Cl)c(Cl)c1)Cc1ccc(Cl)c(Cl)c1. The van der Waals surface area contributed by atoms with Crippen LogP contribution in [0.15, 0.2) is 36.4 Å². The summed E-state index contributed by atoms with van der Waals surface area (Å²) in [6.07, 6.45) is 0. The van der Waals surface area contributed by atoms with Crippen LogP contribution in [0.4, 0.5) is 0 Å². The van der Waals surface area contributed by atoms with Crippen LogP contribution in [0, 0.1) is 0 Å². The number of hydroxylamine groups is 2. The van der Waals surface area contributed by atoms with E-state index in [1.165, 1.54) is 5.06 Å². The highest BCUT2D eigenvalue weighted by molar-refractivity contribution is 6.42. The number of hydrogen-bond donors (Lipinski definition) is 1. The second-order valence-electron chi connectivity index (χ2n) is 4.32. The standard InChI is InChI=1S/C14H11Cl4NO/c15-11-3-1-9(5-13(11)17)7-19(20)8-10-2-4-12(16)14(18)6-10/h1-6,20H,7-8H2. The third-order valence-corrected chi connectivity index (χ3v) is 4.18. The van der Waals surface area contributed by atoms with E-state index >= 15 is 0 Å². The molecule has 0 aliphatic rings. The molecule has 2 rings (SSSR count). The largest absolute Gasteiger partial charge is 0.313 e. The predicted molar refractivity (Wildman–Crippen MR) is 84.0 cm³/mol. The molecule has 0 atom stereocenters. The summed E-state index contributed by atoms with van der Waals surface area (Å²) in [6, 6.07) is 10.5. The van der Waals surface area contributed by atoms with Gasteiger partial charge in [0.05, 0.1) is 20.1 Å². The maximum atomic E-state index is 9.96. The summed E-state index contributed by atoms with van der Waals surface area (Å²) in [5.41, 5.74) is 1.73. The molecule has 2 aromatic carbocycles. The molecule has 0 unspecified atom stereocenters. The summed E-state index contributed by atoms with van der Waals surface area (Å²) < 4.78 is 0. The van der Waals surface area contributed by atoms with Crippen molar-refractivity contribution < 1.29 is 5.21 Å². The molecule has 1 N–H and O–H groups in total. The Labute approximate surface area is 137 Å². The normalized spacial score (nSPS) is 11.1. The van der Waals surface area contributed by atoms with E-state index in [9.17, 15) is 5.21 Å². The van der Waals surface area contributed by atoms with Crippen LogP contribution in [-0.4, -0.2) is 10.3 Å². The van der Waals surface area contributed by atoms with E-state index in [1.807, 2.05) is 12.1 Å². The highest BCUT2D eigenvalue weighted by Crippen LogP contribution is 2.25. The summed E-state index contributed by atoms with van der Waals surface area (Å²) in [4.78, 5) is 0. The Morgan fingerprint density at radius 2 is 1.10 bits per heavy atom. The number of nitrogens with zero attached hydrogens (tertiary/aromatic N) is 1. The Hall–Kier alpha value is -0.480. The highest BCUT2D eigenvalue weighted by Gasteiger charge is 2.07. The Kier molecular flexibility index (Phi) is 5.56. The monoisotopic (exact) mass is 349 g/mol. The molecule has 2 nitrogen and oxygen atoms in total. The molecule has 6 heteroatoms. The lowest BCUT2D eigenvalue weighted by atomic mass is 10.2. The van der Waals surface area contributed by atoms with Gasteiger partial charge in [0.2, 0.25) is 0 Å². The molecule has 2 aromatic rings. The van der Waals surface area contributed by atoms with Crippen molar-refractivity contribution in [1.29, 1.82) is 0 Å². The number of rotatable bonds is 4. The van der Waals surface area contributed by atoms with Gasteiger partial charge in [-0.15, -0.1) is 0 Å². The Balaban J connectivity index is 2.02. The van der Waals surface area contributed by atoms with Crippen LogP contribution in [-0.2, 0) is 13.1 Å². The first-order valence-electron chi connectivity index (χ1n) is 5.77. The number of hydrogen-bond acceptors (Lipinski definition) is 2. The summed E-state index contributed by atoms with van der Waals surface area (Å²) in [7, 11) is 0. The van der Waals surface area contributed by atoms with E-state index in [-0.39, 0.29) is 0 Å². The van der Waals surface area contributed by atoms with Crippen molar-refractivity contribution in [2.75, 3.05) is 0 Å². The molecule has 0 saturated heterocycles. The summed E-state index contributed by atoms with van der Waals surface area (Å²) in [5.74, 6) is 0. The van der Waals surface area contributed by atoms with Gasteiger partial charge in [-0.1, -0.05) is 58.5 Å². The summed E-state index contributed by atoms with van der Waals surface area (Å²) in [5, 5.41) is 13.0. The molecule has 0 aromatic heterocycles. The molecule has 106 valence electrons. The van der Waals surface area contributed by atoms with Crippen LogP contribution in [0.5, 0.6) is 0 Å². The van der Waals surface area contributed by atoms with Crippen LogP contribution in [0.25, 0.3) is 0 Å². The average Bonchev–Trinajstić information content (AvgIpc) is 2.38. The Morgan fingerprint density at radius 1 is 0.700 bits per heavy atom. The van der Waals surface area contributed by atoms with Gasteiger partial charge in [-0.05, 0) is 35.4 Å². The first-order chi connectivity index (χ1) is 9.45. The van der Waals surface area contributed by atoms with Crippen LogP contribution in [0.1, 0.15) is 11.1 Å². The highest BCUT2D eigenvalue weighted by atomic mass is 35.5. The van der Waals surface area contributed by atoms with Gasteiger partial charge >= 0.3 is 0 Å². The van der Waals surface area contributed by atoms with Gasteiger partial charge in [0.1, 0.15) is 0 Å². The van der Waals surface area contributed by atoms with Gasteiger partial charge < -0.3 is 5.21 Å². The number of benzene rings is 2. The zero-order valence-electron chi connectivity index (χ0n) is 10.3. The van der Waals surface area contributed by atoms with E-state index in [1.54, 1.807) is 24.3 Å². The third-order valence-electron chi connectivity index (χ3n) is 2.70. The van der Waals surface area contributed by atoms with Gasteiger partial charge in [0.25, 0.3) is 0 Å². The van der Waals surface area contributed by atoms with Gasteiger partial charge in [0, 0.05) is 13.1 Å². The van der Waals surface area contributed by atoms with Crippen molar-refractivity contribution in [2.45, 2.75) is 13.1 Å². The van der Waals surface area contributed by atoms with E-state index in [0.717, 1.165) is 11.1 Å². The van der Waals surface area contributed by atoms with Crippen molar-refractivity contribution in [1.82, 2.24) is 5.06 Å². The second-order valence-corrected chi connectivity index (χ2v) is 5.95. The molecule has 20 heavy (non-hydrogen) atoms. The van der Waals surface area contributed by atoms with E-state index < -0.39 is 0 Å². The van der Waals surface area contributed by atoms with Crippen LogP contribution >= 0.6 is 46.4 Å². The molecule has 0 aliphatic heterocycles. The van der Waals surface area contributed by atoms with E-state index in [4.69, 9.17) is 46.4 Å². The molecular weight excluding hydrogens is 340 g/mol. The second kappa shape index (κ2) is 6.99. The minimum atomic E-state index is 0.330. The molecule has 0 saturated carbocycles. The lowest BCUT2D eigenvalue weighted by molar-refractivity contribution is -0.108. The van der Waals surface area contributed by atoms with Gasteiger partial charge in [-0.2, -0.15) is 5.06 Å². The predicted octanol–water partition coefficient (Wildman–Crippen LogP) is 5.69. The molecule has 0 amide bonds. The maximum Gasteiger partial charge on any atom is 0.0595 e. The molecule has 0 aliphatic carbocycles. The fraction of sp³-hybridized carbons (Fsp3) is 0.143. The van der Waals surface area contributed by atoms with Crippen molar-refractivity contribution in [3.8, 4) is 0 Å². The zero-order valence-corrected chi connectivity index (χ0v) is 13.3.